The molecule has 4 heteroatoms. The number of nitrogens with zero attached hydrogens (tertiary/aromatic N) is 1. The summed E-state index contributed by atoms with van der Waals surface area (Å²) in [6.07, 6.45) is 3.48. The van der Waals surface area contributed by atoms with Crippen molar-refractivity contribution in [2.24, 2.45) is 0 Å². The molecule has 1 aromatic rings. The Morgan fingerprint density at radius 1 is 1.39 bits per heavy atom. The normalized spacial score (nSPS) is 21.0. The summed E-state index contributed by atoms with van der Waals surface area (Å²) in [7, 11) is 2.07. The summed E-state index contributed by atoms with van der Waals surface area (Å²) in [5, 5.41) is 3.99. The lowest BCUT2D eigenvalue weighted by Gasteiger charge is -2.27. The SMILES string of the molecule is CN(Cc1cc(Cl)ccc1F)C1CCCNCC1. The summed E-state index contributed by atoms with van der Waals surface area (Å²) in [6.45, 7) is 2.76. The second kappa shape index (κ2) is 6.50. The summed E-state index contributed by atoms with van der Waals surface area (Å²) in [5.74, 6) is -0.169. The molecule has 0 amide bonds. The minimum absolute atomic E-state index is 0.169. The van der Waals surface area contributed by atoms with Crippen LogP contribution in [0.4, 0.5) is 4.39 Å². The van der Waals surface area contributed by atoms with Crippen LogP contribution in [0.25, 0.3) is 0 Å². The highest BCUT2D eigenvalue weighted by Crippen LogP contribution is 2.19. The fourth-order valence-corrected chi connectivity index (χ4v) is 2.70. The molecule has 1 atom stereocenters. The Bertz CT molecular complexity index is 389. The van der Waals surface area contributed by atoms with Gasteiger partial charge in [0.15, 0.2) is 0 Å². The van der Waals surface area contributed by atoms with E-state index in [1.807, 2.05) is 0 Å². The van der Waals surface area contributed by atoms with Crippen LogP contribution in [0, 0.1) is 5.82 Å². The van der Waals surface area contributed by atoms with Crippen molar-refractivity contribution in [1.82, 2.24) is 10.2 Å². The average Bonchev–Trinajstić information content (AvgIpc) is 2.62. The summed E-state index contributed by atoms with van der Waals surface area (Å²) < 4.78 is 13.7. The van der Waals surface area contributed by atoms with Gasteiger partial charge in [0.25, 0.3) is 0 Å². The van der Waals surface area contributed by atoms with E-state index in [-0.39, 0.29) is 5.82 Å². The largest absolute Gasteiger partial charge is 0.317 e. The van der Waals surface area contributed by atoms with Crippen molar-refractivity contribution in [2.75, 3.05) is 20.1 Å². The molecule has 1 fully saturated rings. The smallest absolute Gasteiger partial charge is 0.127 e. The van der Waals surface area contributed by atoms with Gasteiger partial charge in [0.2, 0.25) is 0 Å². The second-order valence-electron chi connectivity index (χ2n) is 4.99. The molecule has 1 heterocycles. The van der Waals surface area contributed by atoms with E-state index in [9.17, 15) is 4.39 Å². The first-order valence-electron chi connectivity index (χ1n) is 6.51. The van der Waals surface area contributed by atoms with Crippen molar-refractivity contribution >= 4 is 11.6 Å². The van der Waals surface area contributed by atoms with Gasteiger partial charge in [-0.3, -0.25) is 4.90 Å². The van der Waals surface area contributed by atoms with Crippen LogP contribution in [-0.4, -0.2) is 31.1 Å². The van der Waals surface area contributed by atoms with E-state index in [1.165, 1.54) is 18.9 Å². The molecule has 1 aliphatic rings. The van der Waals surface area contributed by atoms with E-state index in [4.69, 9.17) is 11.6 Å². The molecule has 1 aliphatic heterocycles. The molecule has 1 N–H and O–H groups in total. The standard InChI is InChI=1S/C14H20ClFN2/c1-18(13-3-2-7-17-8-6-13)10-11-9-12(15)4-5-14(11)16/h4-5,9,13,17H,2-3,6-8,10H2,1H3. The first kappa shape index (κ1) is 13.8. The van der Waals surface area contributed by atoms with Crippen LogP contribution in [0.1, 0.15) is 24.8 Å². The molecule has 1 unspecified atom stereocenters. The molecule has 1 saturated heterocycles. The number of benzene rings is 1. The molecule has 2 nitrogen and oxygen atoms in total. The topological polar surface area (TPSA) is 15.3 Å². The Morgan fingerprint density at radius 2 is 2.22 bits per heavy atom. The van der Waals surface area contributed by atoms with Gasteiger partial charge in [-0.15, -0.1) is 0 Å². The third kappa shape index (κ3) is 3.67. The lowest BCUT2D eigenvalue weighted by atomic mass is 10.1. The lowest BCUT2D eigenvalue weighted by Crippen LogP contribution is -2.32. The molecule has 1 aromatic carbocycles. The number of rotatable bonds is 3. The Kier molecular flexibility index (Phi) is 4.98. The maximum absolute atomic E-state index is 13.7. The molecule has 0 spiro atoms. The minimum Gasteiger partial charge on any atom is -0.317 e. The maximum atomic E-state index is 13.7. The van der Waals surface area contributed by atoms with Crippen LogP contribution < -0.4 is 5.32 Å². The summed E-state index contributed by atoms with van der Waals surface area (Å²) in [6, 6.07) is 5.29. The van der Waals surface area contributed by atoms with Gasteiger partial charge in [0.05, 0.1) is 0 Å². The number of hydrogen-bond acceptors (Lipinski definition) is 2. The lowest BCUT2D eigenvalue weighted by molar-refractivity contribution is 0.214. The van der Waals surface area contributed by atoms with Crippen molar-refractivity contribution in [1.29, 1.82) is 0 Å². The van der Waals surface area contributed by atoms with E-state index in [1.54, 1.807) is 12.1 Å². The highest BCUT2D eigenvalue weighted by atomic mass is 35.5. The fourth-order valence-electron chi connectivity index (χ4n) is 2.50. The van der Waals surface area contributed by atoms with Crippen LogP contribution in [0.3, 0.4) is 0 Å². The highest BCUT2D eigenvalue weighted by Gasteiger charge is 2.17. The third-order valence-corrected chi connectivity index (χ3v) is 3.83. The van der Waals surface area contributed by atoms with Crippen molar-refractivity contribution in [3.63, 3.8) is 0 Å². The zero-order valence-corrected chi connectivity index (χ0v) is 11.5. The molecule has 2 rings (SSSR count). The zero-order chi connectivity index (χ0) is 13.0. The Hall–Kier alpha value is -0.640. The van der Waals surface area contributed by atoms with E-state index in [0.29, 0.717) is 23.2 Å². The third-order valence-electron chi connectivity index (χ3n) is 3.60. The monoisotopic (exact) mass is 270 g/mol. The van der Waals surface area contributed by atoms with Crippen LogP contribution in [-0.2, 0) is 6.54 Å². The number of hydrogen-bond donors (Lipinski definition) is 1. The van der Waals surface area contributed by atoms with Gasteiger partial charge in [-0.25, -0.2) is 4.39 Å². The number of nitrogens with one attached hydrogen (secondary N) is 1. The van der Waals surface area contributed by atoms with Gasteiger partial charge < -0.3 is 5.32 Å². The molecule has 0 saturated carbocycles. The summed E-state index contributed by atoms with van der Waals surface area (Å²) >= 11 is 5.92. The van der Waals surface area contributed by atoms with Gasteiger partial charge in [0.1, 0.15) is 5.82 Å². The van der Waals surface area contributed by atoms with Crippen LogP contribution >= 0.6 is 11.6 Å². The Balaban J connectivity index is 2.00. The molecule has 0 aromatic heterocycles. The van der Waals surface area contributed by atoms with Crippen molar-refractivity contribution in [3.05, 3.63) is 34.6 Å². The zero-order valence-electron chi connectivity index (χ0n) is 10.8. The first-order chi connectivity index (χ1) is 8.66. The molecular formula is C14H20ClFN2. The Morgan fingerprint density at radius 3 is 3.06 bits per heavy atom. The van der Waals surface area contributed by atoms with Crippen molar-refractivity contribution in [2.45, 2.75) is 31.8 Å². The van der Waals surface area contributed by atoms with E-state index < -0.39 is 0 Å². The number of halogens is 2. The van der Waals surface area contributed by atoms with Crippen molar-refractivity contribution in [3.8, 4) is 0 Å². The van der Waals surface area contributed by atoms with E-state index >= 15 is 0 Å². The van der Waals surface area contributed by atoms with Gasteiger partial charge in [-0.05, 0) is 57.6 Å². The second-order valence-corrected chi connectivity index (χ2v) is 5.42. The summed E-state index contributed by atoms with van der Waals surface area (Å²) in [4.78, 5) is 2.24. The van der Waals surface area contributed by atoms with E-state index in [0.717, 1.165) is 19.5 Å². The fraction of sp³-hybridized carbons (Fsp3) is 0.571. The molecule has 0 radical (unpaired) electrons. The van der Waals surface area contributed by atoms with Crippen molar-refractivity contribution < 1.29 is 4.39 Å². The summed E-state index contributed by atoms with van der Waals surface area (Å²) in [5.41, 5.74) is 0.683. The first-order valence-corrected chi connectivity index (χ1v) is 6.89. The highest BCUT2D eigenvalue weighted by molar-refractivity contribution is 6.30. The van der Waals surface area contributed by atoms with Gasteiger partial charge in [-0.1, -0.05) is 11.6 Å². The quantitative estimate of drug-likeness (QED) is 0.908. The van der Waals surface area contributed by atoms with Crippen LogP contribution in [0.5, 0.6) is 0 Å². The van der Waals surface area contributed by atoms with Gasteiger partial charge in [-0.2, -0.15) is 0 Å². The molecule has 0 aliphatic carbocycles. The average molecular weight is 271 g/mol. The predicted octanol–water partition coefficient (Wildman–Crippen LogP) is 3.05. The van der Waals surface area contributed by atoms with E-state index in [2.05, 4.69) is 17.3 Å². The van der Waals surface area contributed by atoms with Crippen LogP contribution in [0.15, 0.2) is 18.2 Å². The maximum Gasteiger partial charge on any atom is 0.127 e. The predicted molar refractivity (Wildman–Crippen MR) is 73.4 cm³/mol. The van der Waals surface area contributed by atoms with Gasteiger partial charge >= 0.3 is 0 Å². The van der Waals surface area contributed by atoms with Crippen LogP contribution in [0.2, 0.25) is 5.02 Å². The molecular weight excluding hydrogens is 251 g/mol. The molecule has 100 valence electrons. The minimum atomic E-state index is -0.169. The Labute approximate surface area is 113 Å². The molecule has 18 heavy (non-hydrogen) atoms. The van der Waals surface area contributed by atoms with Gasteiger partial charge in [0, 0.05) is 23.2 Å². The molecule has 0 bridgehead atoms.